The van der Waals surface area contributed by atoms with Crippen LogP contribution in [0.15, 0.2) is 48.5 Å². The number of epoxide rings is 1. The van der Waals surface area contributed by atoms with Gasteiger partial charge in [-0.1, -0.05) is 36.4 Å². The Kier molecular flexibility index (Phi) is 4.77. The van der Waals surface area contributed by atoms with E-state index in [-0.39, 0.29) is 18.2 Å². The molecule has 3 rings (SSSR count). The van der Waals surface area contributed by atoms with Crippen LogP contribution in [0.5, 0.6) is 0 Å². The van der Waals surface area contributed by atoms with Gasteiger partial charge in [0.05, 0.1) is 36.7 Å². The fourth-order valence-corrected chi connectivity index (χ4v) is 3.52. The molecule has 0 spiro atoms. The van der Waals surface area contributed by atoms with Crippen LogP contribution in [-0.4, -0.2) is 32.5 Å². The van der Waals surface area contributed by atoms with Gasteiger partial charge in [-0.2, -0.15) is 5.26 Å². The Morgan fingerprint density at radius 1 is 1.32 bits per heavy atom. The number of benzene rings is 2. The first-order valence-electron chi connectivity index (χ1n) is 7.75. The number of nitrogens with zero attached hydrogens (tertiary/aromatic N) is 2. The molecule has 130 valence electrons. The van der Waals surface area contributed by atoms with Crippen LogP contribution in [0.3, 0.4) is 0 Å². The van der Waals surface area contributed by atoms with Gasteiger partial charge in [-0.15, -0.1) is 0 Å². The van der Waals surface area contributed by atoms with E-state index in [0.717, 1.165) is 11.8 Å². The molecule has 6 nitrogen and oxygen atoms in total. The Hall–Kier alpha value is -2.40. The minimum Gasteiger partial charge on any atom is -0.386 e. The SMILES string of the molecule is CS(=O)(=O)N(Cc1ccccc1)c1ccc(C(O)C2CO2)c(C#N)c1. The van der Waals surface area contributed by atoms with E-state index in [9.17, 15) is 18.8 Å². The third kappa shape index (κ3) is 3.99. The van der Waals surface area contributed by atoms with Gasteiger partial charge < -0.3 is 9.84 Å². The van der Waals surface area contributed by atoms with Crippen molar-refractivity contribution in [3.05, 3.63) is 65.2 Å². The predicted octanol–water partition coefficient (Wildman–Crippen LogP) is 1.96. The monoisotopic (exact) mass is 358 g/mol. The highest BCUT2D eigenvalue weighted by Crippen LogP contribution is 2.32. The zero-order valence-electron chi connectivity index (χ0n) is 13.7. The molecule has 1 heterocycles. The zero-order valence-corrected chi connectivity index (χ0v) is 14.5. The van der Waals surface area contributed by atoms with Gasteiger partial charge >= 0.3 is 0 Å². The predicted molar refractivity (Wildman–Crippen MR) is 93.3 cm³/mol. The fourth-order valence-electron chi connectivity index (χ4n) is 2.64. The van der Waals surface area contributed by atoms with Crippen LogP contribution in [0.25, 0.3) is 0 Å². The van der Waals surface area contributed by atoms with Crippen molar-refractivity contribution >= 4 is 15.7 Å². The van der Waals surface area contributed by atoms with E-state index in [0.29, 0.717) is 17.9 Å². The van der Waals surface area contributed by atoms with Crippen LogP contribution >= 0.6 is 0 Å². The molecule has 1 aliphatic heterocycles. The minimum absolute atomic E-state index is 0.165. The number of anilines is 1. The third-order valence-corrected chi connectivity index (χ3v) is 5.19. The summed E-state index contributed by atoms with van der Waals surface area (Å²) in [4.78, 5) is 0. The molecular formula is C18H18N2O4S. The summed E-state index contributed by atoms with van der Waals surface area (Å²) in [6.45, 7) is 0.620. The van der Waals surface area contributed by atoms with E-state index in [2.05, 4.69) is 0 Å². The highest BCUT2D eigenvalue weighted by molar-refractivity contribution is 7.92. The third-order valence-electron chi connectivity index (χ3n) is 4.04. The first kappa shape index (κ1) is 17.4. The van der Waals surface area contributed by atoms with Crippen molar-refractivity contribution in [3.63, 3.8) is 0 Å². The van der Waals surface area contributed by atoms with Gasteiger partial charge in [-0.3, -0.25) is 4.31 Å². The Labute approximate surface area is 146 Å². The van der Waals surface area contributed by atoms with Crippen molar-refractivity contribution in [3.8, 4) is 6.07 Å². The highest BCUT2D eigenvalue weighted by atomic mass is 32.2. The summed E-state index contributed by atoms with van der Waals surface area (Å²) in [6, 6.07) is 15.9. The second-order valence-corrected chi connectivity index (χ2v) is 7.86. The maximum atomic E-state index is 12.2. The normalized spacial score (nSPS) is 17.6. The Bertz CT molecular complexity index is 902. The standard InChI is InChI=1S/C18H18N2O4S/c1-25(22,23)20(11-13-5-3-2-4-6-13)15-7-8-16(14(9-15)10-19)18(21)17-12-24-17/h2-9,17-18,21H,11-12H2,1H3. The molecule has 25 heavy (non-hydrogen) atoms. The van der Waals surface area contributed by atoms with Gasteiger partial charge in [0.25, 0.3) is 0 Å². The molecule has 0 bridgehead atoms. The van der Waals surface area contributed by atoms with E-state index >= 15 is 0 Å². The average molecular weight is 358 g/mol. The summed E-state index contributed by atoms with van der Waals surface area (Å²) in [5.41, 5.74) is 1.90. The lowest BCUT2D eigenvalue weighted by atomic mass is 10.0. The van der Waals surface area contributed by atoms with E-state index in [1.54, 1.807) is 12.1 Å². The maximum absolute atomic E-state index is 12.2. The molecule has 0 amide bonds. The van der Waals surface area contributed by atoms with Gasteiger partial charge in [0, 0.05) is 5.56 Å². The van der Waals surface area contributed by atoms with Crippen LogP contribution in [0.1, 0.15) is 22.8 Å². The van der Waals surface area contributed by atoms with E-state index in [4.69, 9.17) is 4.74 Å². The zero-order chi connectivity index (χ0) is 18.0. The Morgan fingerprint density at radius 3 is 2.56 bits per heavy atom. The lowest BCUT2D eigenvalue weighted by Gasteiger charge is -2.23. The van der Waals surface area contributed by atoms with Crippen molar-refractivity contribution in [1.29, 1.82) is 5.26 Å². The first-order chi connectivity index (χ1) is 11.9. The molecular weight excluding hydrogens is 340 g/mol. The summed E-state index contributed by atoms with van der Waals surface area (Å²) in [7, 11) is -3.54. The van der Waals surface area contributed by atoms with Crippen molar-refractivity contribution in [2.75, 3.05) is 17.2 Å². The molecule has 1 aliphatic rings. The quantitative estimate of drug-likeness (QED) is 0.797. The number of rotatable bonds is 6. The molecule has 2 unspecified atom stereocenters. The fraction of sp³-hybridized carbons (Fsp3) is 0.278. The molecule has 1 N–H and O–H groups in total. The van der Waals surface area contributed by atoms with Crippen LogP contribution < -0.4 is 4.31 Å². The van der Waals surface area contributed by atoms with Gasteiger partial charge in [-0.25, -0.2) is 8.42 Å². The molecule has 1 saturated heterocycles. The number of hydrogen-bond acceptors (Lipinski definition) is 5. The number of hydrogen-bond donors (Lipinski definition) is 1. The second kappa shape index (κ2) is 6.84. The number of aliphatic hydroxyl groups is 1. The summed E-state index contributed by atoms with van der Waals surface area (Å²) in [5.74, 6) is 0. The Balaban J connectivity index is 1.97. The lowest BCUT2D eigenvalue weighted by molar-refractivity contribution is 0.136. The molecule has 7 heteroatoms. The topological polar surface area (TPSA) is 93.9 Å². The molecule has 2 aromatic rings. The van der Waals surface area contributed by atoms with Crippen LogP contribution in [0.2, 0.25) is 0 Å². The van der Waals surface area contributed by atoms with Crippen molar-refractivity contribution in [2.45, 2.75) is 18.8 Å². The summed E-state index contributed by atoms with van der Waals surface area (Å²) in [5, 5.41) is 19.6. The number of aliphatic hydroxyl groups excluding tert-OH is 1. The van der Waals surface area contributed by atoms with Gasteiger partial charge in [0.15, 0.2) is 0 Å². The smallest absolute Gasteiger partial charge is 0.232 e. The van der Waals surface area contributed by atoms with Gasteiger partial charge in [0.2, 0.25) is 10.0 Å². The van der Waals surface area contributed by atoms with Gasteiger partial charge in [0.1, 0.15) is 12.2 Å². The Morgan fingerprint density at radius 2 is 2.00 bits per heavy atom. The molecule has 2 atom stereocenters. The lowest BCUT2D eigenvalue weighted by Crippen LogP contribution is -2.29. The molecule has 2 aromatic carbocycles. The average Bonchev–Trinajstić information content (AvgIpc) is 3.43. The summed E-state index contributed by atoms with van der Waals surface area (Å²) in [6.07, 6.45) is -0.0548. The number of ether oxygens (including phenoxy) is 1. The number of sulfonamides is 1. The van der Waals surface area contributed by atoms with Crippen molar-refractivity contribution in [1.82, 2.24) is 0 Å². The largest absolute Gasteiger partial charge is 0.386 e. The molecule has 1 fully saturated rings. The first-order valence-corrected chi connectivity index (χ1v) is 9.60. The van der Waals surface area contributed by atoms with Gasteiger partial charge in [-0.05, 0) is 17.7 Å². The van der Waals surface area contributed by atoms with Crippen LogP contribution in [0.4, 0.5) is 5.69 Å². The van der Waals surface area contributed by atoms with Crippen molar-refractivity contribution in [2.24, 2.45) is 0 Å². The molecule has 0 radical (unpaired) electrons. The van der Waals surface area contributed by atoms with E-state index < -0.39 is 16.1 Å². The van der Waals surface area contributed by atoms with Crippen LogP contribution in [0, 0.1) is 11.3 Å². The summed E-state index contributed by atoms with van der Waals surface area (Å²) >= 11 is 0. The summed E-state index contributed by atoms with van der Waals surface area (Å²) < 4.78 is 30.8. The second-order valence-electron chi connectivity index (χ2n) is 5.96. The maximum Gasteiger partial charge on any atom is 0.232 e. The highest BCUT2D eigenvalue weighted by Gasteiger charge is 2.34. The van der Waals surface area contributed by atoms with E-state index in [1.807, 2.05) is 36.4 Å². The number of nitriles is 1. The van der Waals surface area contributed by atoms with Crippen molar-refractivity contribution < 1.29 is 18.3 Å². The molecule has 0 aliphatic carbocycles. The minimum atomic E-state index is -3.54. The van der Waals surface area contributed by atoms with Crippen LogP contribution in [-0.2, 0) is 21.3 Å². The molecule has 0 saturated carbocycles. The van der Waals surface area contributed by atoms with E-state index in [1.165, 1.54) is 10.4 Å². The molecule has 0 aromatic heterocycles.